The van der Waals surface area contributed by atoms with Crippen LogP contribution in [0.1, 0.15) is 106 Å². The topological polar surface area (TPSA) is 38.7 Å². The van der Waals surface area contributed by atoms with Crippen LogP contribution in [0.5, 0.6) is 0 Å². The Morgan fingerprint density at radius 2 is 1.39 bits per heavy atom. The first-order chi connectivity index (χ1) is 19.4. The van der Waals surface area contributed by atoms with E-state index in [4.69, 9.17) is 8.85 Å². The lowest BCUT2D eigenvalue weighted by Gasteiger charge is -2.52. The van der Waals surface area contributed by atoms with Crippen molar-refractivity contribution in [1.29, 1.82) is 0 Å². The van der Waals surface area contributed by atoms with E-state index in [2.05, 4.69) is 66.4 Å². The minimum atomic E-state index is -5.96. The van der Waals surface area contributed by atoms with Crippen LogP contribution in [0.4, 0.5) is 26.3 Å². The highest BCUT2D eigenvalue weighted by atomic mass is 28.4. The molecule has 2 rings (SSSR count). The first kappa shape index (κ1) is 39.6. The summed E-state index contributed by atoms with van der Waals surface area (Å²) in [6, 6.07) is 0. The first-order valence-electron chi connectivity index (χ1n) is 16.1. The summed E-state index contributed by atoms with van der Waals surface area (Å²) < 4.78 is 94.0. The van der Waals surface area contributed by atoms with Crippen molar-refractivity contribution in [3.05, 3.63) is 0 Å². The minimum Gasteiger partial charge on any atom is -0.414 e. The van der Waals surface area contributed by atoms with Crippen molar-refractivity contribution < 1.29 is 40.3 Å². The quantitative estimate of drug-likeness (QED) is 0.143. The van der Waals surface area contributed by atoms with Crippen molar-refractivity contribution in [3.8, 4) is 11.8 Å². The molecule has 0 aromatic carbocycles. The molecule has 0 heterocycles. The van der Waals surface area contributed by atoms with Gasteiger partial charge < -0.3 is 14.0 Å². The van der Waals surface area contributed by atoms with Gasteiger partial charge in [0.1, 0.15) is 0 Å². The van der Waals surface area contributed by atoms with Gasteiger partial charge in [-0.15, -0.1) is 0 Å². The maximum Gasteiger partial charge on any atom is 0.438 e. The number of aliphatic hydroxyl groups is 1. The molecule has 0 spiro atoms. The number of hydrogen-bond acceptors (Lipinski definition) is 3. The highest BCUT2D eigenvalue weighted by Gasteiger charge is 2.70. The van der Waals surface area contributed by atoms with E-state index in [1.807, 2.05) is 20.8 Å². The highest BCUT2D eigenvalue weighted by Crippen LogP contribution is 2.63. The summed E-state index contributed by atoms with van der Waals surface area (Å²) in [6.07, 6.45) is -5.46. The number of fused-ring (bicyclic) bond motifs is 1. The van der Waals surface area contributed by atoms with Crippen LogP contribution in [-0.4, -0.2) is 51.4 Å². The molecule has 0 aliphatic heterocycles. The van der Waals surface area contributed by atoms with Crippen LogP contribution in [0, 0.1) is 34.5 Å². The Labute approximate surface area is 264 Å². The average molecular weight is 673 g/mol. The molecule has 0 aromatic rings. The van der Waals surface area contributed by atoms with E-state index >= 15 is 0 Å². The van der Waals surface area contributed by atoms with Gasteiger partial charge in [-0.2, -0.15) is 26.3 Å². The van der Waals surface area contributed by atoms with Crippen LogP contribution in [0.15, 0.2) is 0 Å². The van der Waals surface area contributed by atoms with Gasteiger partial charge >= 0.3 is 18.0 Å². The largest absolute Gasteiger partial charge is 0.438 e. The molecule has 2 aliphatic carbocycles. The van der Waals surface area contributed by atoms with Gasteiger partial charge in [-0.05, 0) is 119 Å². The molecule has 2 unspecified atom stereocenters. The molecular weight excluding hydrogens is 615 g/mol. The van der Waals surface area contributed by atoms with Crippen molar-refractivity contribution in [1.82, 2.24) is 0 Å². The number of rotatable bonds is 10. The van der Waals surface area contributed by atoms with Crippen LogP contribution in [0.2, 0.25) is 37.8 Å². The number of alkyl halides is 6. The fraction of sp³-hybridized carbons (Fsp3) is 0.939. The average Bonchev–Trinajstić information content (AvgIpc) is 3.13. The SMILES string of the molecule is CC(C)(CCCC(C)(CC#CC(O)(C(F)(F)F)C(F)(F)F)[C@H]1CCC2[C@@H](O[Si](C)(C)C(C)(C)C)CCC[C@@]21C)O[Si](C)(C)C. The van der Waals surface area contributed by atoms with Crippen LogP contribution >= 0.6 is 0 Å². The van der Waals surface area contributed by atoms with E-state index in [0.717, 1.165) is 32.1 Å². The Balaban J connectivity index is 2.47. The molecule has 258 valence electrons. The molecule has 5 atom stereocenters. The fourth-order valence-electron chi connectivity index (χ4n) is 7.82. The predicted molar refractivity (Wildman–Crippen MR) is 170 cm³/mol. The molecule has 2 saturated carbocycles. The molecule has 3 nitrogen and oxygen atoms in total. The monoisotopic (exact) mass is 672 g/mol. The molecule has 2 fully saturated rings. The lowest BCUT2D eigenvalue weighted by Crippen LogP contribution is -2.55. The number of halogens is 6. The van der Waals surface area contributed by atoms with Crippen molar-refractivity contribution >= 4 is 16.6 Å². The maximum atomic E-state index is 13.4. The molecule has 0 radical (unpaired) electrons. The molecule has 44 heavy (non-hydrogen) atoms. The predicted octanol–water partition coefficient (Wildman–Crippen LogP) is 10.6. The lowest BCUT2D eigenvalue weighted by atomic mass is 9.56. The molecule has 11 heteroatoms. The zero-order valence-electron chi connectivity index (χ0n) is 29.1. The van der Waals surface area contributed by atoms with Gasteiger partial charge in [0, 0.05) is 12.5 Å². The lowest BCUT2D eigenvalue weighted by molar-refractivity contribution is -0.343. The maximum absolute atomic E-state index is 13.4. The standard InChI is InChI=1S/C33H58F6O3Si2/c1-27(2,3)44(11,12)41-25-16-13-22-30(7)24(25)17-18-26(30)29(6,20-14-19-28(4,5)42-43(8,9)10)21-15-23-31(40,32(34,35)36)33(37,38)39/h24-26,40H,13-14,16-22H2,1-12H3/t24?,25-,26+,29?,30-/m0/s1. The highest BCUT2D eigenvalue weighted by molar-refractivity contribution is 6.74. The summed E-state index contributed by atoms with van der Waals surface area (Å²) in [5.41, 5.74) is -6.32. The van der Waals surface area contributed by atoms with Gasteiger partial charge in [0.05, 0.1) is 5.60 Å². The van der Waals surface area contributed by atoms with Crippen LogP contribution < -0.4 is 0 Å². The van der Waals surface area contributed by atoms with Crippen LogP contribution in [0.3, 0.4) is 0 Å². The fourth-order valence-corrected chi connectivity index (χ4v) is 11.0. The summed E-state index contributed by atoms with van der Waals surface area (Å²) >= 11 is 0. The Morgan fingerprint density at radius 1 is 0.841 bits per heavy atom. The van der Waals surface area contributed by atoms with E-state index < -0.39 is 45.6 Å². The van der Waals surface area contributed by atoms with E-state index in [1.165, 1.54) is 5.92 Å². The molecule has 0 saturated heterocycles. The van der Waals surface area contributed by atoms with E-state index in [0.29, 0.717) is 19.3 Å². The smallest absolute Gasteiger partial charge is 0.414 e. The second-order valence-electron chi connectivity index (χ2n) is 17.2. The summed E-state index contributed by atoms with van der Waals surface area (Å²) in [5.74, 6) is 3.78. The molecular formula is C33H58F6O3Si2. The summed E-state index contributed by atoms with van der Waals surface area (Å²) in [7, 11) is -3.91. The second kappa shape index (κ2) is 12.8. The third kappa shape index (κ3) is 8.87. The molecule has 2 aliphatic rings. The third-order valence-corrected chi connectivity index (χ3v) is 16.5. The van der Waals surface area contributed by atoms with Gasteiger partial charge in [-0.1, -0.05) is 53.4 Å². The summed E-state index contributed by atoms with van der Waals surface area (Å²) in [5, 5.41) is 9.78. The summed E-state index contributed by atoms with van der Waals surface area (Å²) in [4.78, 5) is 0. The van der Waals surface area contributed by atoms with E-state index in [9.17, 15) is 31.4 Å². The van der Waals surface area contributed by atoms with Crippen molar-refractivity contribution in [2.45, 2.75) is 174 Å². The minimum absolute atomic E-state index is 0.0333. The molecule has 1 N–H and O–H groups in total. The van der Waals surface area contributed by atoms with Gasteiger partial charge in [0.25, 0.3) is 0 Å². The van der Waals surface area contributed by atoms with E-state index in [-0.39, 0.29) is 34.8 Å². The normalized spacial score (nSPS) is 27.4. The Kier molecular flexibility index (Phi) is 11.5. The van der Waals surface area contributed by atoms with Crippen LogP contribution in [-0.2, 0) is 8.85 Å². The molecule has 0 amide bonds. The van der Waals surface area contributed by atoms with Crippen LogP contribution in [0.25, 0.3) is 0 Å². The van der Waals surface area contributed by atoms with Gasteiger partial charge in [-0.25, -0.2) is 0 Å². The van der Waals surface area contributed by atoms with Gasteiger partial charge in [-0.3, -0.25) is 0 Å². The zero-order chi connectivity index (χ0) is 34.4. The zero-order valence-corrected chi connectivity index (χ0v) is 31.1. The third-order valence-electron chi connectivity index (χ3n) is 10.8. The Morgan fingerprint density at radius 3 is 1.86 bits per heavy atom. The van der Waals surface area contributed by atoms with Crippen molar-refractivity contribution in [2.75, 3.05) is 0 Å². The van der Waals surface area contributed by atoms with Gasteiger partial charge in [0.15, 0.2) is 16.6 Å². The first-order valence-corrected chi connectivity index (χ1v) is 22.5. The van der Waals surface area contributed by atoms with Gasteiger partial charge in [0.2, 0.25) is 0 Å². The van der Waals surface area contributed by atoms with E-state index in [1.54, 1.807) is 0 Å². The summed E-state index contributed by atoms with van der Waals surface area (Å²) in [6.45, 7) is 25.8. The molecule has 0 aromatic heterocycles. The van der Waals surface area contributed by atoms with Crippen molar-refractivity contribution in [3.63, 3.8) is 0 Å². The Hall–Kier alpha value is -0.546. The van der Waals surface area contributed by atoms with Crippen molar-refractivity contribution in [2.24, 2.45) is 22.7 Å². The second-order valence-corrected chi connectivity index (χ2v) is 26.4. The number of hydrogen-bond donors (Lipinski definition) is 1. The molecule has 0 bridgehead atoms. The Bertz CT molecular complexity index is 1030.